The molecule has 6 nitrogen and oxygen atoms in total. The number of halogens is 1. The molecule has 1 aromatic heterocycles. The average Bonchev–Trinajstić information content (AvgIpc) is 3.14. The number of likely N-dealkylation sites (tertiary alicyclic amines) is 2. The molecule has 1 amide bonds. The Morgan fingerprint density at radius 2 is 1.66 bits per heavy atom. The second kappa shape index (κ2) is 8.75. The minimum Gasteiger partial charge on any atom is -0.339 e. The van der Waals surface area contributed by atoms with Crippen molar-refractivity contribution in [3.8, 4) is 0 Å². The highest BCUT2D eigenvalue weighted by Gasteiger charge is 2.31. The number of benzene rings is 2. The van der Waals surface area contributed by atoms with Crippen molar-refractivity contribution in [3.63, 3.8) is 0 Å². The van der Waals surface area contributed by atoms with Gasteiger partial charge in [0, 0.05) is 48.8 Å². The number of hydrogen-bond donors (Lipinski definition) is 1. The van der Waals surface area contributed by atoms with Gasteiger partial charge in [-0.25, -0.2) is 4.79 Å². The Morgan fingerprint density at radius 1 is 0.969 bits per heavy atom. The number of fused-ring (bicyclic) bond motifs is 1. The van der Waals surface area contributed by atoms with Gasteiger partial charge in [-0.1, -0.05) is 29.8 Å². The molecule has 2 aliphatic rings. The van der Waals surface area contributed by atoms with Gasteiger partial charge >= 0.3 is 5.69 Å². The van der Waals surface area contributed by atoms with Crippen LogP contribution in [0.25, 0.3) is 11.0 Å². The Bertz CT molecular complexity index is 1180. The van der Waals surface area contributed by atoms with E-state index in [4.69, 9.17) is 11.6 Å². The molecule has 32 heavy (non-hydrogen) atoms. The van der Waals surface area contributed by atoms with Crippen molar-refractivity contribution in [2.45, 2.75) is 44.7 Å². The number of rotatable bonds is 3. The number of piperidine rings is 2. The van der Waals surface area contributed by atoms with E-state index in [1.807, 2.05) is 58.9 Å². The molecule has 168 valence electrons. The first-order valence-corrected chi connectivity index (χ1v) is 11.9. The van der Waals surface area contributed by atoms with Gasteiger partial charge in [0.2, 0.25) is 0 Å². The van der Waals surface area contributed by atoms with Crippen LogP contribution in [-0.2, 0) is 0 Å². The summed E-state index contributed by atoms with van der Waals surface area (Å²) in [5.41, 5.74) is 3.54. The Morgan fingerprint density at radius 3 is 2.38 bits per heavy atom. The fourth-order valence-corrected chi connectivity index (χ4v) is 5.56. The highest BCUT2D eigenvalue weighted by atomic mass is 35.5. The summed E-state index contributed by atoms with van der Waals surface area (Å²) in [5.74, 6) is 0.152. The molecule has 0 saturated carbocycles. The minimum atomic E-state index is -0.0521. The summed E-state index contributed by atoms with van der Waals surface area (Å²) in [4.78, 5) is 33.0. The van der Waals surface area contributed by atoms with Crippen molar-refractivity contribution in [2.24, 2.45) is 0 Å². The molecule has 2 saturated heterocycles. The van der Waals surface area contributed by atoms with Crippen LogP contribution in [0.15, 0.2) is 47.3 Å². The molecule has 2 aromatic carbocycles. The van der Waals surface area contributed by atoms with E-state index >= 15 is 0 Å². The molecule has 0 aliphatic carbocycles. The van der Waals surface area contributed by atoms with Gasteiger partial charge < -0.3 is 14.8 Å². The molecular weight excluding hydrogens is 424 g/mol. The van der Waals surface area contributed by atoms with Crippen LogP contribution >= 0.6 is 11.6 Å². The first-order chi connectivity index (χ1) is 15.5. The highest BCUT2D eigenvalue weighted by Crippen LogP contribution is 2.29. The molecular formula is C25H29ClN4O2. The van der Waals surface area contributed by atoms with Crippen LogP contribution < -0.4 is 5.69 Å². The van der Waals surface area contributed by atoms with Crippen LogP contribution in [0.3, 0.4) is 0 Å². The van der Waals surface area contributed by atoms with E-state index in [2.05, 4.69) is 9.88 Å². The van der Waals surface area contributed by atoms with Crippen LogP contribution in [0.5, 0.6) is 0 Å². The summed E-state index contributed by atoms with van der Waals surface area (Å²) in [6.07, 6.45) is 3.93. The maximum Gasteiger partial charge on any atom is 0.326 e. The topological polar surface area (TPSA) is 61.3 Å². The lowest BCUT2D eigenvalue weighted by Gasteiger charge is -2.42. The monoisotopic (exact) mass is 452 g/mol. The zero-order valence-corrected chi connectivity index (χ0v) is 19.1. The van der Waals surface area contributed by atoms with Crippen molar-refractivity contribution >= 4 is 28.5 Å². The summed E-state index contributed by atoms with van der Waals surface area (Å²) in [5, 5.41) is 0.632. The van der Waals surface area contributed by atoms with Crippen molar-refractivity contribution in [2.75, 3.05) is 26.2 Å². The number of aryl methyl sites for hydroxylation is 1. The third kappa shape index (κ3) is 3.97. The van der Waals surface area contributed by atoms with Gasteiger partial charge in [0.05, 0.1) is 11.0 Å². The lowest BCUT2D eigenvalue weighted by Crippen LogP contribution is -2.49. The second-order valence-electron chi connectivity index (χ2n) is 9.07. The standard InChI is InChI=1S/C25H29ClN4O2/c1-17-4-2-3-5-21(17)24(31)29-14-8-19(9-15-29)28-12-10-20(11-13-28)30-23-7-6-18(26)16-22(23)27-25(30)32/h2-7,16,19-20H,8-15H2,1H3,(H,27,32). The fourth-order valence-electron chi connectivity index (χ4n) is 5.39. The van der Waals surface area contributed by atoms with Gasteiger partial charge in [0.15, 0.2) is 0 Å². The van der Waals surface area contributed by atoms with Crippen molar-refractivity contribution in [1.29, 1.82) is 0 Å². The number of nitrogens with one attached hydrogen (secondary N) is 1. The number of aromatic amines is 1. The molecule has 7 heteroatoms. The number of aromatic nitrogens is 2. The van der Waals surface area contributed by atoms with E-state index in [0.29, 0.717) is 11.1 Å². The summed E-state index contributed by atoms with van der Waals surface area (Å²) < 4.78 is 1.91. The predicted octanol–water partition coefficient (Wildman–Crippen LogP) is 4.23. The largest absolute Gasteiger partial charge is 0.339 e. The van der Waals surface area contributed by atoms with Gasteiger partial charge in [-0.2, -0.15) is 0 Å². The van der Waals surface area contributed by atoms with Gasteiger partial charge in [-0.3, -0.25) is 9.36 Å². The van der Waals surface area contributed by atoms with Crippen molar-refractivity contribution < 1.29 is 4.79 Å². The van der Waals surface area contributed by atoms with Crippen LogP contribution in [0.1, 0.15) is 47.6 Å². The number of carbonyl (C=O) groups excluding carboxylic acids is 1. The minimum absolute atomic E-state index is 0.0521. The Labute approximate surface area is 192 Å². The number of hydrogen-bond acceptors (Lipinski definition) is 3. The van der Waals surface area contributed by atoms with Crippen LogP contribution in [-0.4, -0.2) is 57.5 Å². The number of H-pyrrole nitrogens is 1. The predicted molar refractivity (Wildman–Crippen MR) is 128 cm³/mol. The number of carbonyl (C=O) groups is 1. The molecule has 0 spiro atoms. The van der Waals surface area contributed by atoms with E-state index in [1.165, 1.54) is 0 Å². The molecule has 3 aromatic rings. The molecule has 0 atom stereocenters. The average molecular weight is 453 g/mol. The van der Waals surface area contributed by atoms with E-state index < -0.39 is 0 Å². The zero-order valence-electron chi connectivity index (χ0n) is 18.4. The summed E-state index contributed by atoms with van der Waals surface area (Å²) >= 11 is 6.08. The Balaban J connectivity index is 1.19. The summed E-state index contributed by atoms with van der Waals surface area (Å²) in [7, 11) is 0. The second-order valence-corrected chi connectivity index (χ2v) is 9.50. The van der Waals surface area contributed by atoms with Gasteiger partial charge in [-0.15, -0.1) is 0 Å². The number of amides is 1. The quantitative estimate of drug-likeness (QED) is 0.646. The first kappa shape index (κ1) is 21.3. The maximum atomic E-state index is 12.9. The molecule has 2 fully saturated rings. The van der Waals surface area contributed by atoms with Crippen LogP contribution in [0.2, 0.25) is 5.02 Å². The zero-order chi connectivity index (χ0) is 22.2. The van der Waals surface area contributed by atoms with E-state index in [0.717, 1.165) is 74.0 Å². The molecule has 0 bridgehead atoms. The normalized spacial score (nSPS) is 19.0. The van der Waals surface area contributed by atoms with Crippen LogP contribution in [0, 0.1) is 6.92 Å². The third-order valence-corrected chi connectivity index (χ3v) is 7.42. The first-order valence-electron chi connectivity index (χ1n) is 11.5. The maximum absolute atomic E-state index is 12.9. The summed E-state index contributed by atoms with van der Waals surface area (Å²) in [6.45, 7) is 5.57. The van der Waals surface area contributed by atoms with E-state index in [9.17, 15) is 9.59 Å². The SMILES string of the molecule is Cc1ccccc1C(=O)N1CCC(N2CCC(n3c(=O)[nH]c4cc(Cl)ccc43)CC2)CC1. The molecule has 0 unspecified atom stereocenters. The Hall–Kier alpha value is -2.57. The summed E-state index contributed by atoms with van der Waals surface area (Å²) in [6, 6.07) is 14.1. The van der Waals surface area contributed by atoms with Gasteiger partial charge in [0.1, 0.15) is 0 Å². The van der Waals surface area contributed by atoms with Gasteiger partial charge in [0.25, 0.3) is 5.91 Å². The number of nitrogens with zero attached hydrogens (tertiary/aromatic N) is 3. The van der Waals surface area contributed by atoms with Crippen LogP contribution in [0.4, 0.5) is 0 Å². The van der Waals surface area contributed by atoms with E-state index in [-0.39, 0.29) is 17.6 Å². The van der Waals surface area contributed by atoms with Crippen molar-refractivity contribution in [3.05, 3.63) is 69.1 Å². The lowest BCUT2D eigenvalue weighted by atomic mass is 9.97. The van der Waals surface area contributed by atoms with Gasteiger partial charge in [-0.05, 0) is 62.4 Å². The number of imidazole rings is 1. The smallest absolute Gasteiger partial charge is 0.326 e. The van der Waals surface area contributed by atoms with E-state index in [1.54, 1.807) is 0 Å². The molecule has 3 heterocycles. The highest BCUT2D eigenvalue weighted by molar-refractivity contribution is 6.31. The Kier molecular flexibility index (Phi) is 5.82. The van der Waals surface area contributed by atoms with Crippen molar-refractivity contribution in [1.82, 2.24) is 19.4 Å². The molecule has 2 aliphatic heterocycles. The lowest BCUT2D eigenvalue weighted by molar-refractivity contribution is 0.0557. The molecule has 5 rings (SSSR count). The fraction of sp³-hybridized carbons (Fsp3) is 0.440. The molecule has 0 radical (unpaired) electrons. The molecule has 1 N–H and O–H groups in total. The third-order valence-electron chi connectivity index (χ3n) is 7.19.